The maximum absolute atomic E-state index is 12.6. The second kappa shape index (κ2) is 12.5. The van der Waals surface area contributed by atoms with Gasteiger partial charge in [0, 0.05) is 16.6 Å². The van der Waals surface area contributed by atoms with Crippen LogP contribution in [0, 0.1) is 15.5 Å². The highest BCUT2D eigenvalue weighted by Crippen LogP contribution is 2.49. The Hall–Kier alpha value is -4.35. The molecule has 0 bridgehead atoms. The maximum atomic E-state index is 12.6. The Kier molecular flexibility index (Phi) is 8.35. The van der Waals surface area contributed by atoms with Crippen molar-refractivity contribution in [2.75, 3.05) is 32.8 Å². The van der Waals surface area contributed by atoms with Crippen molar-refractivity contribution in [3.05, 3.63) is 76.8 Å². The van der Waals surface area contributed by atoms with Crippen molar-refractivity contribution in [1.82, 2.24) is 4.90 Å². The maximum Gasteiger partial charge on any atom is 0.319 e. The predicted molar refractivity (Wildman–Crippen MR) is 161 cm³/mol. The molecule has 11 heteroatoms. The van der Waals surface area contributed by atoms with Crippen LogP contribution in [0.15, 0.2) is 66.7 Å². The van der Waals surface area contributed by atoms with E-state index in [0.717, 1.165) is 45.9 Å². The summed E-state index contributed by atoms with van der Waals surface area (Å²) in [5.41, 5.74) is -0.125. The fourth-order valence-corrected chi connectivity index (χ4v) is 6.34. The number of phenols is 1. The molecule has 1 N–H and O–H groups in total. The Labute approximate surface area is 252 Å². The lowest BCUT2D eigenvalue weighted by molar-refractivity contribution is -0.759. The van der Waals surface area contributed by atoms with Crippen molar-refractivity contribution >= 4 is 27.4 Å². The van der Waals surface area contributed by atoms with Crippen LogP contribution in [0.4, 0.5) is 0 Å². The van der Waals surface area contributed by atoms with Gasteiger partial charge in [-0.25, -0.2) is 0 Å². The molecule has 43 heavy (non-hydrogen) atoms. The number of piperidine rings is 1. The van der Waals surface area contributed by atoms with Gasteiger partial charge < -0.3 is 24.2 Å². The van der Waals surface area contributed by atoms with E-state index in [0.29, 0.717) is 36.7 Å². The molecule has 2 heterocycles. The van der Waals surface area contributed by atoms with E-state index in [2.05, 4.69) is 9.74 Å². The van der Waals surface area contributed by atoms with E-state index in [1.807, 2.05) is 42.5 Å². The molecule has 4 aromatic rings. The van der Waals surface area contributed by atoms with Gasteiger partial charge in [-0.3, -0.25) is 9.69 Å². The molecule has 1 saturated heterocycles. The zero-order valence-corrected chi connectivity index (χ0v) is 24.3. The molecule has 10 nitrogen and oxygen atoms in total. The molecular weight excluding hydrogens is 572 g/mol. The van der Waals surface area contributed by atoms with Gasteiger partial charge in [0.2, 0.25) is 0 Å². The lowest BCUT2D eigenvalue weighted by Gasteiger charge is -2.26. The standard InChI is InChI=1S/C32H32N2O8S/c35-23-6-13-27-28(20-23)43-30(22-4-7-26(8-5-22)42-31(36)32(14-15-32)21-40-34(37)38)29(27)41-25-11-9-24(10-12-25)39-19-18-33-16-2-1-3-17-33/h4-13,20,35H,1-3,14-19,21H2. The Morgan fingerprint density at radius 3 is 2.35 bits per heavy atom. The molecule has 2 fully saturated rings. The van der Waals surface area contributed by atoms with Crippen molar-refractivity contribution in [1.29, 1.82) is 0 Å². The third kappa shape index (κ3) is 6.84. The van der Waals surface area contributed by atoms with Gasteiger partial charge in [-0.15, -0.1) is 21.5 Å². The highest BCUT2D eigenvalue weighted by molar-refractivity contribution is 7.22. The largest absolute Gasteiger partial charge is 0.508 e. The van der Waals surface area contributed by atoms with Gasteiger partial charge in [0.1, 0.15) is 36.2 Å². The SMILES string of the molecule is O=C(Oc1ccc(-c2sc3cc(O)ccc3c2Oc2ccc(OCCN3CCCCC3)cc2)cc1)C1(CO[N+](=O)[O-])CC1. The van der Waals surface area contributed by atoms with Crippen molar-refractivity contribution in [2.24, 2.45) is 5.41 Å². The summed E-state index contributed by atoms with van der Waals surface area (Å²) in [4.78, 5) is 30.9. The number of rotatable bonds is 12. The number of hydrogen-bond acceptors (Lipinski definition) is 10. The van der Waals surface area contributed by atoms with Gasteiger partial charge in [0.15, 0.2) is 5.75 Å². The number of aromatic hydroxyl groups is 1. The lowest BCUT2D eigenvalue weighted by Crippen LogP contribution is -2.33. The first kappa shape index (κ1) is 28.8. The Balaban J connectivity index is 1.16. The number of fused-ring (bicyclic) bond motifs is 1. The quantitative estimate of drug-likeness (QED) is 0.0803. The van der Waals surface area contributed by atoms with Gasteiger partial charge >= 0.3 is 5.97 Å². The van der Waals surface area contributed by atoms with Crippen LogP contribution in [0.1, 0.15) is 32.1 Å². The van der Waals surface area contributed by atoms with Gasteiger partial charge in [0.05, 0.1) is 10.3 Å². The number of phenolic OH excluding ortho intramolecular Hbond substituents is 1. The first-order valence-electron chi connectivity index (χ1n) is 14.4. The highest BCUT2D eigenvalue weighted by Gasteiger charge is 2.52. The van der Waals surface area contributed by atoms with Crippen LogP contribution in [-0.4, -0.2) is 53.9 Å². The molecule has 6 rings (SSSR count). The Morgan fingerprint density at radius 1 is 0.953 bits per heavy atom. The second-order valence-electron chi connectivity index (χ2n) is 11.0. The number of ether oxygens (including phenoxy) is 3. The minimum Gasteiger partial charge on any atom is -0.508 e. The van der Waals surface area contributed by atoms with Gasteiger partial charge in [-0.2, -0.15) is 0 Å². The predicted octanol–water partition coefficient (Wildman–Crippen LogP) is 6.82. The highest BCUT2D eigenvalue weighted by atomic mass is 32.1. The van der Waals surface area contributed by atoms with E-state index in [9.17, 15) is 20.0 Å². The molecule has 224 valence electrons. The third-order valence-electron chi connectivity index (χ3n) is 7.86. The number of nitrogens with zero attached hydrogens (tertiary/aromatic N) is 2. The minimum absolute atomic E-state index is 0.162. The van der Waals surface area contributed by atoms with Crippen LogP contribution in [0.5, 0.6) is 28.7 Å². The molecule has 1 saturated carbocycles. The normalized spacial score (nSPS) is 16.0. The summed E-state index contributed by atoms with van der Waals surface area (Å²) in [5, 5.41) is 20.6. The van der Waals surface area contributed by atoms with E-state index in [1.54, 1.807) is 24.3 Å². The molecule has 0 atom stereocenters. The molecule has 0 unspecified atom stereocenters. The van der Waals surface area contributed by atoms with E-state index < -0.39 is 16.5 Å². The van der Waals surface area contributed by atoms with Crippen molar-refractivity contribution in [3.63, 3.8) is 0 Å². The van der Waals surface area contributed by atoms with Crippen LogP contribution < -0.4 is 14.2 Å². The van der Waals surface area contributed by atoms with Crippen LogP contribution in [0.3, 0.4) is 0 Å². The van der Waals surface area contributed by atoms with Crippen LogP contribution in [0.2, 0.25) is 0 Å². The van der Waals surface area contributed by atoms with E-state index >= 15 is 0 Å². The number of likely N-dealkylation sites (tertiary alicyclic amines) is 1. The Bertz CT molecular complexity index is 1590. The minimum atomic E-state index is -0.964. The molecule has 1 aliphatic carbocycles. The summed E-state index contributed by atoms with van der Waals surface area (Å²) in [5.74, 6) is 2.04. The average Bonchev–Trinajstić information content (AvgIpc) is 3.74. The number of thiophene rings is 1. The number of benzene rings is 3. The molecule has 3 aromatic carbocycles. The molecule has 0 spiro atoms. The molecule has 0 amide bonds. The van der Waals surface area contributed by atoms with Crippen LogP contribution >= 0.6 is 11.3 Å². The fourth-order valence-electron chi connectivity index (χ4n) is 5.17. The summed E-state index contributed by atoms with van der Waals surface area (Å²) in [6.07, 6.45) is 4.80. The molecule has 2 aliphatic rings. The van der Waals surface area contributed by atoms with Gasteiger partial charge in [0.25, 0.3) is 5.09 Å². The molecule has 1 aromatic heterocycles. The zero-order chi connectivity index (χ0) is 29.8. The number of hydrogen-bond donors (Lipinski definition) is 1. The lowest BCUT2D eigenvalue weighted by atomic mass is 10.1. The molecular formula is C32H32N2O8S. The van der Waals surface area contributed by atoms with Crippen molar-refractivity contribution in [2.45, 2.75) is 32.1 Å². The second-order valence-corrected chi connectivity index (χ2v) is 12.0. The number of esters is 1. The van der Waals surface area contributed by atoms with Crippen LogP contribution in [0.25, 0.3) is 20.5 Å². The summed E-state index contributed by atoms with van der Waals surface area (Å²) in [7, 11) is 0. The third-order valence-corrected chi connectivity index (χ3v) is 9.04. The summed E-state index contributed by atoms with van der Waals surface area (Å²) in [6.45, 7) is 3.53. The zero-order valence-electron chi connectivity index (χ0n) is 23.5. The van der Waals surface area contributed by atoms with Gasteiger partial charge in [-0.1, -0.05) is 6.42 Å². The first-order chi connectivity index (χ1) is 20.9. The van der Waals surface area contributed by atoms with E-state index in [4.69, 9.17) is 14.2 Å². The fraction of sp³-hybridized carbons (Fsp3) is 0.344. The molecule has 1 aliphatic heterocycles. The van der Waals surface area contributed by atoms with E-state index in [-0.39, 0.29) is 12.4 Å². The van der Waals surface area contributed by atoms with Crippen molar-refractivity contribution in [3.8, 4) is 39.2 Å². The first-order valence-corrected chi connectivity index (χ1v) is 15.2. The monoisotopic (exact) mass is 604 g/mol. The number of carbonyl (C=O) groups excluding carboxylic acids is 1. The summed E-state index contributed by atoms with van der Waals surface area (Å²) in [6, 6.07) is 19.7. The summed E-state index contributed by atoms with van der Waals surface area (Å²) >= 11 is 1.48. The van der Waals surface area contributed by atoms with Crippen LogP contribution in [-0.2, 0) is 9.63 Å². The topological polar surface area (TPSA) is 121 Å². The molecule has 0 radical (unpaired) electrons. The average molecular weight is 605 g/mol. The Morgan fingerprint density at radius 2 is 1.65 bits per heavy atom. The summed E-state index contributed by atoms with van der Waals surface area (Å²) < 4.78 is 18.8. The smallest absolute Gasteiger partial charge is 0.319 e. The van der Waals surface area contributed by atoms with E-state index in [1.165, 1.54) is 30.6 Å². The van der Waals surface area contributed by atoms with Crippen molar-refractivity contribution < 1.29 is 34.0 Å². The van der Waals surface area contributed by atoms with Gasteiger partial charge in [-0.05, 0) is 111 Å². The number of carbonyl (C=O) groups is 1.